The maximum atomic E-state index is 4.31. The van der Waals surface area contributed by atoms with E-state index in [9.17, 15) is 0 Å². The molecular formula is C11H12BrN3S. The van der Waals surface area contributed by atoms with Crippen LogP contribution in [0.15, 0.2) is 34.5 Å². The number of nitrogens with zero attached hydrogens (tertiary/aromatic N) is 2. The fraction of sp³-hybridized carbons (Fsp3) is 0.273. The first-order valence-electron chi connectivity index (χ1n) is 5.05. The minimum Gasteiger partial charge on any atom is -0.305 e. The predicted molar refractivity (Wildman–Crippen MR) is 69.6 cm³/mol. The Kier molecular flexibility index (Phi) is 4.04. The highest BCUT2D eigenvalue weighted by Crippen LogP contribution is 2.32. The van der Waals surface area contributed by atoms with Gasteiger partial charge in [-0.25, -0.2) is 9.97 Å². The summed E-state index contributed by atoms with van der Waals surface area (Å²) in [4.78, 5) is 9.50. The molecule has 84 valence electrons. The lowest BCUT2D eigenvalue weighted by molar-refractivity contribution is 0.621. The molecule has 0 aliphatic rings. The summed E-state index contributed by atoms with van der Waals surface area (Å²) < 4.78 is 1.13. The molecule has 2 heterocycles. The van der Waals surface area contributed by atoms with Crippen LogP contribution in [0.25, 0.3) is 0 Å². The van der Waals surface area contributed by atoms with Crippen molar-refractivity contribution in [2.45, 2.75) is 13.0 Å². The molecule has 0 aliphatic carbocycles. The van der Waals surface area contributed by atoms with E-state index in [1.165, 1.54) is 4.88 Å². The number of aromatic nitrogens is 2. The molecule has 2 rings (SSSR count). The number of thiophene rings is 1. The lowest BCUT2D eigenvalue weighted by Crippen LogP contribution is -2.22. The summed E-state index contributed by atoms with van der Waals surface area (Å²) >= 11 is 5.28. The predicted octanol–water partition coefficient (Wildman–Crippen LogP) is 3.00. The molecule has 0 bridgehead atoms. The molecule has 1 atom stereocenters. The highest BCUT2D eigenvalue weighted by molar-refractivity contribution is 9.10. The average molecular weight is 298 g/mol. The van der Waals surface area contributed by atoms with E-state index in [1.54, 1.807) is 23.9 Å². The van der Waals surface area contributed by atoms with E-state index < -0.39 is 0 Å². The molecule has 0 aliphatic heterocycles. The third-order valence-corrected chi connectivity index (χ3v) is 4.15. The van der Waals surface area contributed by atoms with Gasteiger partial charge in [0, 0.05) is 15.5 Å². The van der Waals surface area contributed by atoms with Gasteiger partial charge >= 0.3 is 0 Å². The van der Waals surface area contributed by atoms with Crippen LogP contribution in [0.5, 0.6) is 0 Å². The van der Waals surface area contributed by atoms with Crippen LogP contribution in [-0.2, 0) is 0 Å². The van der Waals surface area contributed by atoms with E-state index in [-0.39, 0.29) is 6.04 Å². The molecule has 0 saturated heterocycles. The van der Waals surface area contributed by atoms with Gasteiger partial charge < -0.3 is 5.32 Å². The fourth-order valence-electron chi connectivity index (χ4n) is 1.52. The standard InChI is InChI=1S/C11H12BrN3S/c1-2-14-10(9-3-5-13-7-15-9)11-8(12)4-6-16-11/h3-7,10,14H,2H2,1H3. The van der Waals surface area contributed by atoms with Crippen LogP contribution >= 0.6 is 27.3 Å². The molecule has 16 heavy (non-hydrogen) atoms. The first-order valence-corrected chi connectivity index (χ1v) is 6.72. The summed E-state index contributed by atoms with van der Waals surface area (Å²) in [6.07, 6.45) is 3.36. The van der Waals surface area contributed by atoms with Gasteiger partial charge in [-0.05, 0) is 40.0 Å². The fourth-order valence-corrected chi connectivity index (χ4v) is 3.21. The van der Waals surface area contributed by atoms with Crippen LogP contribution in [0.4, 0.5) is 0 Å². The smallest absolute Gasteiger partial charge is 0.115 e. The van der Waals surface area contributed by atoms with Crippen LogP contribution in [0, 0.1) is 0 Å². The van der Waals surface area contributed by atoms with Crippen LogP contribution in [0.3, 0.4) is 0 Å². The second kappa shape index (κ2) is 5.52. The second-order valence-corrected chi connectivity index (χ2v) is 5.06. The molecule has 0 amide bonds. The van der Waals surface area contributed by atoms with Gasteiger partial charge in [-0.1, -0.05) is 6.92 Å². The van der Waals surface area contributed by atoms with E-state index >= 15 is 0 Å². The molecular weight excluding hydrogens is 286 g/mol. The SMILES string of the molecule is CCNC(c1ccncn1)c1sccc1Br. The van der Waals surface area contributed by atoms with E-state index in [0.29, 0.717) is 0 Å². The van der Waals surface area contributed by atoms with E-state index in [1.807, 2.05) is 6.07 Å². The van der Waals surface area contributed by atoms with Gasteiger partial charge in [0.15, 0.2) is 0 Å². The Morgan fingerprint density at radius 2 is 2.38 bits per heavy atom. The third-order valence-electron chi connectivity index (χ3n) is 2.22. The highest BCUT2D eigenvalue weighted by Gasteiger charge is 2.17. The third kappa shape index (κ3) is 2.48. The summed E-state index contributed by atoms with van der Waals surface area (Å²) in [5, 5.41) is 5.51. The van der Waals surface area contributed by atoms with Crippen molar-refractivity contribution >= 4 is 27.3 Å². The summed E-state index contributed by atoms with van der Waals surface area (Å²) in [7, 11) is 0. The van der Waals surface area contributed by atoms with Crippen molar-refractivity contribution in [2.75, 3.05) is 6.54 Å². The van der Waals surface area contributed by atoms with Crippen molar-refractivity contribution < 1.29 is 0 Å². The van der Waals surface area contributed by atoms with Gasteiger partial charge in [-0.3, -0.25) is 0 Å². The Bertz CT molecular complexity index is 444. The number of halogens is 1. The molecule has 0 radical (unpaired) electrons. The molecule has 0 aromatic carbocycles. The van der Waals surface area contributed by atoms with Crippen LogP contribution < -0.4 is 5.32 Å². The molecule has 2 aromatic heterocycles. The normalized spacial score (nSPS) is 12.6. The van der Waals surface area contributed by atoms with Gasteiger partial charge in [0.2, 0.25) is 0 Å². The molecule has 0 fully saturated rings. The van der Waals surface area contributed by atoms with E-state index in [4.69, 9.17) is 0 Å². The van der Waals surface area contributed by atoms with Crippen molar-refractivity contribution in [3.63, 3.8) is 0 Å². The quantitative estimate of drug-likeness (QED) is 0.943. The van der Waals surface area contributed by atoms with Crippen LogP contribution in [0.2, 0.25) is 0 Å². The summed E-state index contributed by atoms with van der Waals surface area (Å²) in [6.45, 7) is 2.99. The van der Waals surface area contributed by atoms with Crippen LogP contribution in [0.1, 0.15) is 23.5 Å². The molecule has 1 N–H and O–H groups in total. The molecule has 0 saturated carbocycles. The zero-order chi connectivity index (χ0) is 11.4. The minimum atomic E-state index is 0.141. The minimum absolute atomic E-state index is 0.141. The maximum Gasteiger partial charge on any atom is 0.115 e. The van der Waals surface area contributed by atoms with Crippen molar-refractivity contribution in [1.29, 1.82) is 0 Å². The first-order chi connectivity index (χ1) is 7.83. The largest absolute Gasteiger partial charge is 0.305 e. The van der Waals surface area contributed by atoms with Gasteiger partial charge in [-0.15, -0.1) is 11.3 Å². The van der Waals surface area contributed by atoms with Crippen molar-refractivity contribution in [3.05, 3.63) is 45.1 Å². The van der Waals surface area contributed by atoms with Gasteiger partial charge in [0.25, 0.3) is 0 Å². The van der Waals surface area contributed by atoms with Gasteiger partial charge in [0.1, 0.15) is 6.33 Å². The molecule has 1 unspecified atom stereocenters. The second-order valence-electron chi connectivity index (χ2n) is 3.26. The Labute approximate surface area is 107 Å². The topological polar surface area (TPSA) is 37.8 Å². The first kappa shape index (κ1) is 11.7. The number of rotatable bonds is 4. The zero-order valence-corrected chi connectivity index (χ0v) is 11.3. The summed E-state index contributed by atoms with van der Waals surface area (Å²) in [6, 6.07) is 4.15. The highest BCUT2D eigenvalue weighted by atomic mass is 79.9. The van der Waals surface area contributed by atoms with Gasteiger partial charge in [-0.2, -0.15) is 0 Å². The van der Waals surface area contributed by atoms with Gasteiger partial charge in [0.05, 0.1) is 11.7 Å². The number of nitrogens with one attached hydrogen (secondary N) is 1. The average Bonchev–Trinajstić information content (AvgIpc) is 2.73. The van der Waals surface area contributed by atoms with Crippen molar-refractivity contribution in [1.82, 2.24) is 15.3 Å². The molecule has 3 nitrogen and oxygen atoms in total. The monoisotopic (exact) mass is 297 g/mol. The van der Waals surface area contributed by atoms with E-state index in [2.05, 4.69) is 49.6 Å². The summed E-state index contributed by atoms with van der Waals surface area (Å²) in [5.74, 6) is 0. The maximum absolute atomic E-state index is 4.31. The lowest BCUT2D eigenvalue weighted by Gasteiger charge is -2.16. The van der Waals surface area contributed by atoms with Crippen LogP contribution in [-0.4, -0.2) is 16.5 Å². The Morgan fingerprint density at radius 3 is 2.94 bits per heavy atom. The Balaban J connectivity index is 2.35. The number of hydrogen-bond donors (Lipinski definition) is 1. The zero-order valence-electron chi connectivity index (χ0n) is 8.85. The Hall–Kier alpha value is -0.780. The molecule has 5 heteroatoms. The summed E-state index contributed by atoms with van der Waals surface area (Å²) in [5.41, 5.74) is 1.00. The Morgan fingerprint density at radius 1 is 1.50 bits per heavy atom. The molecule has 0 spiro atoms. The number of hydrogen-bond acceptors (Lipinski definition) is 4. The van der Waals surface area contributed by atoms with Crippen molar-refractivity contribution in [2.24, 2.45) is 0 Å². The van der Waals surface area contributed by atoms with E-state index in [0.717, 1.165) is 16.7 Å². The molecule has 2 aromatic rings. The lowest BCUT2D eigenvalue weighted by atomic mass is 10.1. The van der Waals surface area contributed by atoms with Crippen molar-refractivity contribution in [3.8, 4) is 0 Å².